The van der Waals surface area contributed by atoms with Crippen LogP contribution in [-0.2, 0) is 9.53 Å². The average Bonchev–Trinajstić information content (AvgIpc) is 2.76. The molecule has 1 N–H and O–H groups in total. The molecular formula is C13H14O6. The van der Waals surface area contributed by atoms with E-state index in [0.29, 0.717) is 22.8 Å². The molecule has 1 heterocycles. The molecule has 0 amide bonds. The zero-order valence-corrected chi connectivity index (χ0v) is 10.9. The molecule has 19 heavy (non-hydrogen) atoms. The van der Waals surface area contributed by atoms with Gasteiger partial charge in [0.25, 0.3) is 0 Å². The number of cyclic esters (lactones) is 1. The minimum atomic E-state index is -0.577. The Balaban J connectivity index is 2.60. The van der Waals surface area contributed by atoms with Crippen LogP contribution >= 0.6 is 0 Å². The first kappa shape index (κ1) is 13.1. The number of aliphatic hydroxyl groups is 1. The third-order valence-electron chi connectivity index (χ3n) is 2.79. The lowest BCUT2D eigenvalue weighted by Gasteiger charge is -2.13. The van der Waals surface area contributed by atoms with Crippen molar-refractivity contribution in [3.8, 4) is 17.2 Å². The van der Waals surface area contributed by atoms with Gasteiger partial charge in [0.2, 0.25) is 5.75 Å². The summed E-state index contributed by atoms with van der Waals surface area (Å²) < 4.78 is 20.3. The predicted molar refractivity (Wildman–Crippen MR) is 66.6 cm³/mol. The summed E-state index contributed by atoms with van der Waals surface area (Å²) in [6, 6.07) is 3.17. The Morgan fingerprint density at radius 1 is 1.11 bits per heavy atom. The van der Waals surface area contributed by atoms with Crippen LogP contribution in [0.2, 0.25) is 0 Å². The fourth-order valence-corrected chi connectivity index (χ4v) is 1.91. The number of hydrogen-bond donors (Lipinski definition) is 1. The molecule has 0 saturated heterocycles. The molecule has 0 aliphatic carbocycles. The summed E-state index contributed by atoms with van der Waals surface area (Å²) in [5.41, 5.74) is 0.564. The number of hydrogen-bond acceptors (Lipinski definition) is 6. The highest BCUT2D eigenvalue weighted by atomic mass is 16.5. The molecule has 0 radical (unpaired) electrons. The molecule has 0 spiro atoms. The summed E-state index contributed by atoms with van der Waals surface area (Å²) >= 11 is 0. The molecule has 1 aromatic carbocycles. The van der Waals surface area contributed by atoms with E-state index in [1.807, 2.05) is 0 Å². The van der Waals surface area contributed by atoms with Gasteiger partial charge in [-0.2, -0.15) is 0 Å². The van der Waals surface area contributed by atoms with Gasteiger partial charge < -0.3 is 24.1 Å². The first-order valence-corrected chi connectivity index (χ1v) is 5.52. The Morgan fingerprint density at radius 3 is 2.05 bits per heavy atom. The first-order valence-electron chi connectivity index (χ1n) is 5.52. The zero-order valence-electron chi connectivity index (χ0n) is 10.9. The van der Waals surface area contributed by atoms with Crippen LogP contribution in [0.15, 0.2) is 17.9 Å². The van der Waals surface area contributed by atoms with Gasteiger partial charge in [0, 0.05) is 5.56 Å². The van der Waals surface area contributed by atoms with Crippen molar-refractivity contribution in [1.82, 2.24) is 0 Å². The van der Waals surface area contributed by atoms with E-state index >= 15 is 0 Å². The Kier molecular flexibility index (Phi) is 3.50. The minimum Gasteiger partial charge on any atom is -0.508 e. The van der Waals surface area contributed by atoms with E-state index in [2.05, 4.69) is 0 Å². The van der Waals surface area contributed by atoms with Gasteiger partial charge in [-0.25, -0.2) is 4.79 Å². The number of carbonyl (C=O) groups is 1. The van der Waals surface area contributed by atoms with Crippen LogP contribution in [-0.4, -0.2) is 39.0 Å². The normalized spacial score (nSPS) is 14.4. The monoisotopic (exact) mass is 266 g/mol. The second kappa shape index (κ2) is 5.09. The van der Waals surface area contributed by atoms with Crippen LogP contribution in [0.1, 0.15) is 5.56 Å². The Labute approximate surface area is 110 Å². The third kappa shape index (κ3) is 2.16. The van der Waals surface area contributed by atoms with Crippen LogP contribution in [0.4, 0.5) is 0 Å². The molecule has 0 aromatic heterocycles. The lowest BCUT2D eigenvalue weighted by atomic mass is 10.0. The SMILES string of the molecule is COc1cc(C2=C(O)COC2=O)cc(OC)c1OC. The van der Waals surface area contributed by atoms with Crippen molar-refractivity contribution < 1.29 is 28.8 Å². The predicted octanol–water partition coefficient (Wildman–Crippen LogP) is 1.54. The van der Waals surface area contributed by atoms with Gasteiger partial charge in [-0.15, -0.1) is 0 Å². The molecule has 0 unspecified atom stereocenters. The van der Waals surface area contributed by atoms with Gasteiger partial charge in [-0.05, 0) is 12.1 Å². The number of esters is 1. The number of methoxy groups -OCH3 is 3. The van der Waals surface area contributed by atoms with Gasteiger partial charge >= 0.3 is 5.97 Å². The van der Waals surface area contributed by atoms with Crippen molar-refractivity contribution in [2.75, 3.05) is 27.9 Å². The summed E-state index contributed by atoms with van der Waals surface area (Å²) in [6.45, 7) is -0.120. The summed E-state index contributed by atoms with van der Waals surface area (Å²) in [4.78, 5) is 11.6. The van der Waals surface area contributed by atoms with Crippen molar-refractivity contribution in [3.05, 3.63) is 23.5 Å². The van der Waals surface area contributed by atoms with E-state index in [1.54, 1.807) is 12.1 Å². The lowest BCUT2D eigenvalue weighted by molar-refractivity contribution is -0.134. The Bertz CT molecular complexity index is 521. The maximum atomic E-state index is 11.6. The number of aliphatic hydroxyl groups excluding tert-OH is 1. The van der Waals surface area contributed by atoms with E-state index < -0.39 is 5.97 Å². The average molecular weight is 266 g/mol. The summed E-state index contributed by atoms with van der Waals surface area (Å²) in [5, 5.41) is 9.69. The van der Waals surface area contributed by atoms with E-state index in [0.717, 1.165) is 0 Å². The van der Waals surface area contributed by atoms with Crippen LogP contribution in [0.5, 0.6) is 17.2 Å². The summed E-state index contributed by atoms with van der Waals surface area (Å²) in [7, 11) is 4.44. The minimum absolute atomic E-state index is 0.110. The zero-order chi connectivity index (χ0) is 14.0. The van der Waals surface area contributed by atoms with Crippen molar-refractivity contribution >= 4 is 11.5 Å². The largest absolute Gasteiger partial charge is 0.508 e. The van der Waals surface area contributed by atoms with Crippen molar-refractivity contribution in [2.45, 2.75) is 0 Å². The topological polar surface area (TPSA) is 74.2 Å². The van der Waals surface area contributed by atoms with Crippen LogP contribution < -0.4 is 14.2 Å². The quantitative estimate of drug-likeness (QED) is 0.833. The summed E-state index contributed by atoms with van der Waals surface area (Å²) in [6.07, 6.45) is 0. The van der Waals surface area contributed by atoms with Gasteiger partial charge in [-0.3, -0.25) is 0 Å². The smallest absolute Gasteiger partial charge is 0.342 e. The molecule has 102 valence electrons. The third-order valence-corrected chi connectivity index (χ3v) is 2.79. The van der Waals surface area contributed by atoms with Gasteiger partial charge in [-0.1, -0.05) is 0 Å². The Hall–Kier alpha value is -2.37. The molecule has 0 atom stereocenters. The maximum Gasteiger partial charge on any atom is 0.342 e. The number of rotatable bonds is 4. The van der Waals surface area contributed by atoms with Crippen LogP contribution in [0.3, 0.4) is 0 Å². The molecular weight excluding hydrogens is 252 g/mol. The molecule has 6 nitrogen and oxygen atoms in total. The van der Waals surface area contributed by atoms with Crippen molar-refractivity contribution in [2.24, 2.45) is 0 Å². The molecule has 1 aliphatic heterocycles. The standard InChI is InChI=1S/C13H14O6/c1-16-9-4-7(5-10(17-2)12(9)18-3)11-8(14)6-19-13(11)15/h4-5,14H,6H2,1-3H3. The fraction of sp³-hybridized carbons (Fsp3) is 0.308. The van der Waals surface area contributed by atoms with Crippen molar-refractivity contribution in [1.29, 1.82) is 0 Å². The van der Waals surface area contributed by atoms with Crippen molar-refractivity contribution in [3.63, 3.8) is 0 Å². The van der Waals surface area contributed by atoms with Gasteiger partial charge in [0.1, 0.15) is 17.9 Å². The molecule has 2 rings (SSSR count). The highest BCUT2D eigenvalue weighted by Crippen LogP contribution is 2.41. The van der Waals surface area contributed by atoms with Gasteiger partial charge in [0.05, 0.1) is 21.3 Å². The number of ether oxygens (including phenoxy) is 4. The van der Waals surface area contributed by atoms with E-state index in [-0.39, 0.29) is 17.9 Å². The summed E-state index contributed by atoms with van der Waals surface area (Å²) in [5.74, 6) is 0.528. The van der Waals surface area contributed by atoms with E-state index in [1.165, 1.54) is 21.3 Å². The number of benzene rings is 1. The van der Waals surface area contributed by atoms with E-state index in [4.69, 9.17) is 18.9 Å². The molecule has 0 fully saturated rings. The highest BCUT2D eigenvalue weighted by Gasteiger charge is 2.28. The molecule has 1 aromatic rings. The number of carbonyl (C=O) groups excluding carboxylic acids is 1. The van der Waals surface area contributed by atoms with Crippen LogP contribution in [0, 0.1) is 0 Å². The van der Waals surface area contributed by atoms with Gasteiger partial charge in [0.15, 0.2) is 11.5 Å². The lowest BCUT2D eigenvalue weighted by Crippen LogP contribution is -2.01. The Morgan fingerprint density at radius 2 is 1.68 bits per heavy atom. The first-order chi connectivity index (χ1) is 9.12. The second-order valence-corrected chi connectivity index (χ2v) is 3.81. The highest BCUT2D eigenvalue weighted by molar-refractivity contribution is 6.19. The van der Waals surface area contributed by atoms with Crippen LogP contribution in [0.25, 0.3) is 5.57 Å². The second-order valence-electron chi connectivity index (χ2n) is 3.81. The van der Waals surface area contributed by atoms with E-state index in [9.17, 15) is 9.90 Å². The molecule has 0 bridgehead atoms. The molecule has 1 aliphatic rings. The fourth-order valence-electron chi connectivity index (χ4n) is 1.91. The molecule has 6 heteroatoms. The maximum absolute atomic E-state index is 11.6. The molecule has 0 saturated carbocycles.